The molecule has 2 amide bonds. The van der Waals surface area contributed by atoms with Crippen molar-refractivity contribution in [3.8, 4) is 0 Å². The minimum absolute atomic E-state index is 0.194. The molecule has 2 aromatic carbocycles. The number of rotatable bonds is 6. The first-order chi connectivity index (χ1) is 12.2. The molecule has 0 aliphatic rings. The Morgan fingerprint density at radius 3 is 2.19 bits per heavy atom. The molecule has 138 valence electrons. The van der Waals surface area contributed by atoms with Gasteiger partial charge in [0.2, 0.25) is 5.91 Å². The van der Waals surface area contributed by atoms with Crippen LogP contribution < -0.4 is 10.6 Å². The molecular weight excluding hydrogens is 349 g/mol. The minimum Gasteiger partial charge on any atom is -0.367 e. The maximum Gasteiger partial charge on any atom is 0.411 e. The standard InChI is InChI=1S/C18H17F3N2O3/c1-12(24)22-15-3-2-4-16(9-15)23-17(25)14-7-5-13(6-8-14)10-26-11-18(19,20)21/h2-9H,10-11H2,1H3,(H,22,24)(H,23,25). The van der Waals surface area contributed by atoms with Gasteiger partial charge in [-0.15, -0.1) is 0 Å². The molecule has 0 heterocycles. The van der Waals surface area contributed by atoms with Crippen LogP contribution in [0.5, 0.6) is 0 Å². The van der Waals surface area contributed by atoms with E-state index in [1.807, 2.05) is 0 Å². The van der Waals surface area contributed by atoms with Crippen molar-refractivity contribution < 1.29 is 27.5 Å². The van der Waals surface area contributed by atoms with Crippen LogP contribution in [0.3, 0.4) is 0 Å². The summed E-state index contributed by atoms with van der Waals surface area (Å²) in [6, 6.07) is 12.7. The molecule has 0 bridgehead atoms. The lowest BCUT2D eigenvalue weighted by Gasteiger charge is -2.09. The highest BCUT2D eigenvalue weighted by atomic mass is 19.4. The maximum atomic E-state index is 12.2. The van der Waals surface area contributed by atoms with Crippen molar-refractivity contribution >= 4 is 23.2 Å². The van der Waals surface area contributed by atoms with Crippen LogP contribution in [0, 0.1) is 0 Å². The third-order valence-electron chi connectivity index (χ3n) is 3.19. The van der Waals surface area contributed by atoms with E-state index >= 15 is 0 Å². The van der Waals surface area contributed by atoms with E-state index in [9.17, 15) is 22.8 Å². The third-order valence-corrected chi connectivity index (χ3v) is 3.19. The minimum atomic E-state index is -4.37. The highest BCUT2D eigenvalue weighted by Gasteiger charge is 2.27. The molecule has 0 atom stereocenters. The van der Waals surface area contributed by atoms with E-state index in [4.69, 9.17) is 0 Å². The Morgan fingerprint density at radius 1 is 1.00 bits per heavy atom. The predicted molar refractivity (Wildman–Crippen MR) is 90.9 cm³/mol. The molecule has 0 saturated heterocycles. The summed E-state index contributed by atoms with van der Waals surface area (Å²) in [6.07, 6.45) is -4.37. The van der Waals surface area contributed by atoms with E-state index in [0.717, 1.165) is 0 Å². The Kier molecular flexibility index (Phi) is 6.35. The van der Waals surface area contributed by atoms with Crippen molar-refractivity contribution in [3.63, 3.8) is 0 Å². The lowest BCUT2D eigenvalue weighted by Crippen LogP contribution is -2.16. The summed E-state index contributed by atoms with van der Waals surface area (Å²) >= 11 is 0. The molecule has 5 nitrogen and oxygen atoms in total. The molecule has 2 rings (SSSR count). The summed E-state index contributed by atoms with van der Waals surface area (Å²) in [5, 5.41) is 5.30. The summed E-state index contributed by atoms with van der Waals surface area (Å²) in [6.45, 7) is -0.134. The van der Waals surface area contributed by atoms with E-state index in [1.54, 1.807) is 24.3 Å². The van der Waals surface area contributed by atoms with Gasteiger partial charge in [-0.2, -0.15) is 13.2 Å². The lowest BCUT2D eigenvalue weighted by atomic mass is 10.1. The van der Waals surface area contributed by atoms with Crippen molar-refractivity contribution in [1.82, 2.24) is 0 Å². The van der Waals surface area contributed by atoms with Gasteiger partial charge in [0.25, 0.3) is 5.91 Å². The fourth-order valence-electron chi connectivity index (χ4n) is 2.12. The van der Waals surface area contributed by atoms with E-state index < -0.39 is 12.8 Å². The first kappa shape index (κ1) is 19.5. The van der Waals surface area contributed by atoms with Gasteiger partial charge in [0.15, 0.2) is 0 Å². The zero-order chi connectivity index (χ0) is 19.2. The van der Waals surface area contributed by atoms with E-state index in [2.05, 4.69) is 15.4 Å². The summed E-state index contributed by atoms with van der Waals surface area (Å²) in [4.78, 5) is 23.3. The Bertz CT molecular complexity index is 774. The largest absolute Gasteiger partial charge is 0.411 e. The quantitative estimate of drug-likeness (QED) is 0.813. The second kappa shape index (κ2) is 8.48. The van der Waals surface area contributed by atoms with E-state index in [0.29, 0.717) is 22.5 Å². The number of alkyl halides is 3. The highest BCUT2D eigenvalue weighted by Crippen LogP contribution is 2.17. The molecule has 0 aromatic heterocycles. The summed E-state index contributed by atoms with van der Waals surface area (Å²) in [5.41, 5.74) is 1.92. The van der Waals surface area contributed by atoms with Crippen LogP contribution in [0.15, 0.2) is 48.5 Å². The van der Waals surface area contributed by atoms with Crippen molar-refractivity contribution in [2.24, 2.45) is 0 Å². The van der Waals surface area contributed by atoms with Crippen LogP contribution in [0.1, 0.15) is 22.8 Å². The van der Waals surface area contributed by atoms with Gasteiger partial charge < -0.3 is 15.4 Å². The summed E-state index contributed by atoms with van der Waals surface area (Å²) < 4.78 is 40.7. The van der Waals surface area contributed by atoms with Gasteiger partial charge in [0.05, 0.1) is 6.61 Å². The molecule has 8 heteroatoms. The van der Waals surface area contributed by atoms with Gasteiger partial charge >= 0.3 is 6.18 Å². The molecule has 2 aromatic rings. The van der Waals surface area contributed by atoms with Gasteiger partial charge in [0, 0.05) is 23.9 Å². The fourth-order valence-corrected chi connectivity index (χ4v) is 2.12. The number of nitrogens with one attached hydrogen (secondary N) is 2. The molecule has 0 radical (unpaired) electrons. The molecule has 0 fully saturated rings. The molecule has 26 heavy (non-hydrogen) atoms. The number of amides is 2. The number of halogens is 3. The number of carbonyl (C=O) groups excluding carboxylic acids is 2. The Hall–Kier alpha value is -2.87. The molecule has 0 aliphatic heterocycles. The second-order valence-corrected chi connectivity index (χ2v) is 5.52. The Morgan fingerprint density at radius 2 is 1.62 bits per heavy atom. The van der Waals surface area contributed by atoms with Crippen LogP contribution in [0.2, 0.25) is 0 Å². The van der Waals surface area contributed by atoms with Crippen molar-refractivity contribution in [3.05, 3.63) is 59.7 Å². The SMILES string of the molecule is CC(=O)Nc1cccc(NC(=O)c2ccc(COCC(F)(F)F)cc2)c1. The first-order valence-electron chi connectivity index (χ1n) is 7.65. The molecule has 2 N–H and O–H groups in total. The van der Waals surface area contributed by atoms with Crippen LogP contribution in [0.4, 0.5) is 24.5 Å². The van der Waals surface area contributed by atoms with Crippen LogP contribution in [-0.4, -0.2) is 24.6 Å². The van der Waals surface area contributed by atoms with Crippen molar-refractivity contribution in [1.29, 1.82) is 0 Å². The second-order valence-electron chi connectivity index (χ2n) is 5.52. The van der Waals surface area contributed by atoms with E-state index in [1.165, 1.54) is 31.2 Å². The van der Waals surface area contributed by atoms with Crippen LogP contribution >= 0.6 is 0 Å². The van der Waals surface area contributed by atoms with Crippen LogP contribution in [-0.2, 0) is 16.1 Å². The smallest absolute Gasteiger partial charge is 0.367 e. The van der Waals surface area contributed by atoms with Gasteiger partial charge in [0.1, 0.15) is 6.61 Å². The average Bonchev–Trinajstić information content (AvgIpc) is 2.54. The van der Waals surface area contributed by atoms with Crippen molar-refractivity contribution in [2.75, 3.05) is 17.2 Å². The van der Waals surface area contributed by atoms with E-state index in [-0.39, 0.29) is 18.4 Å². The first-order valence-corrected chi connectivity index (χ1v) is 7.65. The monoisotopic (exact) mass is 366 g/mol. The highest BCUT2D eigenvalue weighted by molar-refractivity contribution is 6.04. The number of hydrogen-bond acceptors (Lipinski definition) is 3. The average molecular weight is 366 g/mol. The number of benzene rings is 2. The zero-order valence-corrected chi connectivity index (χ0v) is 13.9. The summed E-state index contributed by atoms with van der Waals surface area (Å²) in [5.74, 6) is -0.607. The number of anilines is 2. The Balaban J connectivity index is 1.94. The Labute approximate surface area is 148 Å². The molecular formula is C18H17F3N2O3. The van der Waals surface area contributed by atoms with Gasteiger partial charge in [-0.05, 0) is 35.9 Å². The van der Waals surface area contributed by atoms with Gasteiger partial charge in [-0.3, -0.25) is 9.59 Å². The summed E-state index contributed by atoms with van der Waals surface area (Å²) in [7, 11) is 0. The zero-order valence-electron chi connectivity index (χ0n) is 13.9. The lowest BCUT2D eigenvalue weighted by molar-refractivity contribution is -0.176. The predicted octanol–water partition coefficient (Wildman–Crippen LogP) is 3.98. The van der Waals surface area contributed by atoms with Crippen LogP contribution in [0.25, 0.3) is 0 Å². The number of carbonyl (C=O) groups is 2. The molecule has 0 spiro atoms. The number of hydrogen-bond donors (Lipinski definition) is 2. The maximum absolute atomic E-state index is 12.2. The topological polar surface area (TPSA) is 67.4 Å². The molecule has 0 saturated carbocycles. The number of ether oxygens (including phenoxy) is 1. The van der Waals surface area contributed by atoms with Gasteiger partial charge in [-0.1, -0.05) is 18.2 Å². The third kappa shape index (κ3) is 6.56. The normalized spacial score (nSPS) is 11.1. The fraction of sp³-hybridized carbons (Fsp3) is 0.222. The molecule has 0 aliphatic carbocycles. The van der Waals surface area contributed by atoms with Gasteiger partial charge in [-0.25, -0.2) is 0 Å². The molecule has 0 unspecified atom stereocenters. The van der Waals surface area contributed by atoms with Crippen molar-refractivity contribution in [2.45, 2.75) is 19.7 Å².